The number of ether oxygens (including phenoxy) is 1. The van der Waals surface area contributed by atoms with E-state index in [2.05, 4.69) is 15.5 Å². The fraction of sp³-hybridized carbons (Fsp3) is 0.667. The first kappa shape index (κ1) is 10.5. The molecule has 6 heteroatoms. The Morgan fingerprint density at radius 2 is 2.53 bits per heavy atom. The van der Waals surface area contributed by atoms with Crippen molar-refractivity contribution in [3.05, 3.63) is 10.0 Å². The molecule has 1 unspecified atom stereocenters. The lowest BCUT2D eigenvalue weighted by atomic mass is 10.1. The molecule has 0 amide bonds. The Morgan fingerprint density at radius 3 is 3.20 bits per heavy atom. The molecule has 82 valence electrons. The standard InChI is InChI=1S/C9H13N3O2S/c1-2-14-9(13)8-12-11-7(15-8)6-3-4-10-5-6/h6,10H,2-5H2,1H3. The lowest BCUT2D eigenvalue weighted by molar-refractivity contribution is 0.0525. The quantitative estimate of drug-likeness (QED) is 0.773. The second-order valence-electron chi connectivity index (χ2n) is 3.36. The SMILES string of the molecule is CCOC(=O)c1nnc(C2CCNC2)s1. The van der Waals surface area contributed by atoms with Crippen LogP contribution < -0.4 is 5.32 Å². The van der Waals surface area contributed by atoms with Crippen LogP contribution in [0.25, 0.3) is 0 Å². The van der Waals surface area contributed by atoms with Crippen molar-refractivity contribution in [1.29, 1.82) is 0 Å². The third kappa shape index (κ3) is 2.32. The van der Waals surface area contributed by atoms with Crippen molar-refractivity contribution in [2.24, 2.45) is 0 Å². The summed E-state index contributed by atoms with van der Waals surface area (Å²) in [5.41, 5.74) is 0. The van der Waals surface area contributed by atoms with Gasteiger partial charge in [0.1, 0.15) is 5.01 Å². The minimum Gasteiger partial charge on any atom is -0.461 e. The molecule has 15 heavy (non-hydrogen) atoms. The molecular weight excluding hydrogens is 214 g/mol. The zero-order valence-corrected chi connectivity index (χ0v) is 9.34. The molecule has 1 aromatic rings. The summed E-state index contributed by atoms with van der Waals surface area (Å²) in [4.78, 5) is 11.3. The normalized spacial score (nSPS) is 20.5. The van der Waals surface area contributed by atoms with Gasteiger partial charge in [-0.05, 0) is 19.9 Å². The number of esters is 1. The second-order valence-corrected chi connectivity index (χ2v) is 4.36. The van der Waals surface area contributed by atoms with Gasteiger partial charge in [0, 0.05) is 12.5 Å². The molecule has 0 aromatic carbocycles. The molecule has 1 saturated heterocycles. The van der Waals surface area contributed by atoms with E-state index in [0.29, 0.717) is 17.5 Å². The molecule has 1 aliphatic rings. The molecular formula is C9H13N3O2S. The summed E-state index contributed by atoms with van der Waals surface area (Å²) in [7, 11) is 0. The molecule has 1 N–H and O–H groups in total. The minimum atomic E-state index is -0.368. The predicted octanol–water partition coefficient (Wildman–Crippen LogP) is 0.792. The first-order valence-corrected chi connectivity index (χ1v) is 5.84. The second kappa shape index (κ2) is 4.67. The van der Waals surface area contributed by atoms with Gasteiger partial charge in [-0.15, -0.1) is 10.2 Å². The predicted molar refractivity (Wildman–Crippen MR) is 56.1 cm³/mol. The number of carbonyl (C=O) groups excluding carboxylic acids is 1. The fourth-order valence-electron chi connectivity index (χ4n) is 1.54. The first-order valence-electron chi connectivity index (χ1n) is 5.02. The maximum Gasteiger partial charge on any atom is 0.369 e. The highest BCUT2D eigenvalue weighted by Crippen LogP contribution is 2.25. The summed E-state index contributed by atoms with van der Waals surface area (Å²) in [5, 5.41) is 12.4. The third-order valence-electron chi connectivity index (χ3n) is 2.30. The van der Waals surface area contributed by atoms with Crippen LogP contribution in [0, 0.1) is 0 Å². The lowest BCUT2D eigenvalue weighted by Gasteiger charge is -2.00. The Kier molecular flexibility index (Phi) is 3.27. The average Bonchev–Trinajstić information content (AvgIpc) is 2.89. The van der Waals surface area contributed by atoms with Gasteiger partial charge >= 0.3 is 5.97 Å². The van der Waals surface area contributed by atoms with Crippen LogP contribution in [0.2, 0.25) is 0 Å². The van der Waals surface area contributed by atoms with Crippen LogP contribution in [0.5, 0.6) is 0 Å². The van der Waals surface area contributed by atoms with Crippen molar-refractivity contribution in [1.82, 2.24) is 15.5 Å². The molecule has 0 aliphatic carbocycles. The van der Waals surface area contributed by atoms with Gasteiger partial charge in [-0.1, -0.05) is 11.3 Å². The lowest BCUT2D eigenvalue weighted by Crippen LogP contribution is -2.07. The summed E-state index contributed by atoms with van der Waals surface area (Å²) in [5.74, 6) is 0.0397. The van der Waals surface area contributed by atoms with Gasteiger partial charge in [0.15, 0.2) is 0 Å². The summed E-state index contributed by atoms with van der Waals surface area (Å²) in [6.07, 6.45) is 1.07. The number of hydrogen-bond acceptors (Lipinski definition) is 6. The third-order valence-corrected chi connectivity index (χ3v) is 3.37. The molecule has 1 aromatic heterocycles. The van der Waals surface area contributed by atoms with Crippen molar-refractivity contribution in [2.75, 3.05) is 19.7 Å². The van der Waals surface area contributed by atoms with Crippen molar-refractivity contribution in [2.45, 2.75) is 19.3 Å². The fourth-order valence-corrected chi connectivity index (χ4v) is 2.41. The topological polar surface area (TPSA) is 64.1 Å². The number of carbonyl (C=O) groups is 1. The minimum absolute atomic E-state index is 0.360. The zero-order chi connectivity index (χ0) is 10.7. The number of aromatic nitrogens is 2. The van der Waals surface area contributed by atoms with Crippen molar-refractivity contribution in [3.8, 4) is 0 Å². The molecule has 0 bridgehead atoms. The molecule has 1 fully saturated rings. The van der Waals surface area contributed by atoms with E-state index in [0.717, 1.165) is 24.5 Å². The summed E-state index contributed by atoms with van der Waals surface area (Å²) in [6.45, 7) is 4.09. The van der Waals surface area contributed by atoms with Crippen molar-refractivity contribution >= 4 is 17.3 Å². The van der Waals surface area contributed by atoms with Crippen LogP contribution in [0.4, 0.5) is 0 Å². The molecule has 0 radical (unpaired) electrons. The van der Waals surface area contributed by atoms with E-state index in [1.807, 2.05) is 0 Å². The summed E-state index contributed by atoms with van der Waals surface area (Å²) in [6, 6.07) is 0. The van der Waals surface area contributed by atoms with E-state index in [-0.39, 0.29) is 5.97 Å². The highest BCUT2D eigenvalue weighted by atomic mass is 32.1. The van der Waals surface area contributed by atoms with Crippen LogP contribution in [-0.4, -0.2) is 35.9 Å². The molecule has 5 nitrogen and oxygen atoms in total. The monoisotopic (exact) mass is 227 g/mol. The molecule has 1 atom stereocenters. The van der Waals surface area contributed by atoms with E-state index in [4.69, 9.17) is 4.74 Å². The van der Waals surface area contributed by atoms with E-state index in [1.165, 1.54) is 11.3 Å². The van der Waals surface area contributed by atoms with Crippen LogP contribution in [-0.2, 0) is 4.74 Å². The van der Waals surface area contributed by atoms with Gasteiger partial charge in [0.25, 0.3) is 0 Å². The number of rotatable bonds is 3. The van der Waals surface area contributed by atoms with E-state index in [1.54, 1.807) is 6.92 Å². The molecule has 1 aliphatic heterocycles. The summed E-state index contributed by atoms with van der Waals surface area (Å²) >= 11 is 1.34. The van der Waals surface area contributed by atoms with Crippen LogP contribution in [0.3, 0.4) is 0 Å². The van der Waals surface area contributed by atoms with E-state index >= 15 is 0 Å². The van der Waals surface area contributed by atoms with Crippen molar-refractivity contribution < 1.29 is 9.53 Å². The Morgan fingerprint density at radius 1 is 1.67 bits per heavy atom. The Labute approximate surface area is 91.9 Å². The van der Waals surface area contributed by atoms with Crippen LogP contribution in [0.15, 0.2) is 0 Å². The van der Waals surface area contributed by atoms with Gasteiger partial charge in [0.2, 0.25) is 5.01 Å². The first-order chi connectivity index (χ1) is 7.31. The van der Waals surface area contributed by atoms with E-state index < -0.39 is 0 Å². The Hall–Kier alpha value is -1.01. The Balaban J connectivity index is 2.06. The zero-order valence-electron chi connectivity index (χ0n) is 8.52. The van der Waals surface area contributed by atoms with Crippen LogP contribution >= 0.6 is 11.3 Å². The molecule has 2 rings (SSSR count). The highest BCUT2D eigenvalue weighted by molar-refractivity contribution is 7.13. The number of nitrogens with zero attached hydrogens (tertiary/aromatic N) is 2. The number of nitrogens with one attached hydrogen (secondary N) is 1. The maximum atomic E-state index is 11.3. The highest BCUT2D eigenvalue weighted by Gasteiger charge is 2.22. The van der Waals surface area contributed by atoms with E-state index in [9.17, 15) is 4.79 Å². The van der Waals surface area contributed by atoms with Crippen molar-refractivity contribution in [3.63, 3.8) is 0 Å². The molecule has 0 saturated carbocycles. The largest absolute Gasteiger partial charge is 0.461 e. The van der Waals surface area contributed by atoms with Crippen LogP contribution in [0.1, 0.15) is 34.1 Å². The van der Waals surface area contributed by atoms with Gasteiger partial charge in [0.05, 0.1) is 6.61 Å². The van der Waals surface area contributed by atoms with Gasteiger partial charge in [-0.3, -0.25) is 0 Å². The number of hydrogen-bond donors (Lipinski definition) is 1. The molecule has 2 heterocycles. The van der Waals surface area contributed by atoms with Gasteiger partial charge in [-0.25, -0.2) is 4.79 Å². The van der Waals surface area contributed by atoms with Gasteiger partial charge < -0.3 is 10.1 Å². The van der Waals surface area contributed by atoms with Gasteiger partial charge in [-0.2, -0.15) is 0 Å². The smallest absolute Gasteiger partial charge is 0.369 e. The summed E-state index contributed by atoms with van der Waals surface area (Å²) < 4.78 is 4.86. The molecule has 0 spiro atoms. The Bertz CT molecular complexity index is 347. The average molecular weight is 227 g/mol. The maximum absolute atomic E-state index is 11.3.